The molecule has 2 aromatic rings. The highest BCUT2D eigenvalue weighted by atomic mass is 32.2. The molecule has 92 valence electrons. The van der Waals surface area contributed by atoms with Crippen molar-refractivity contribution in [1.82, 2.24) is 4.98 Å². The van der Waals surface area contributed by atoms with Crippen LogP contribution in [0.2, 0.25) is 0 Å². The molecule has 3 nitrogen and oxygen atoms in total. The van der Waals surface area contributed by atoms with E-state index in [4.69, 9.17) is 0 Å². The summed E-state index contributed by atoms with van der Waals surface area (Å²) in [6, 6.07) is 13.6. The number of pyridine rings is 1. The molecule has 0 fully saturated rings. The van der Waals surface area contributed by atoms with Crippen LogP contribution in [0.3, 0.4) is 0 Å². The molecule has 0 aliphatic heterocycles. The number of nitroso groups, excluding NO2 is 1. The average Bonchev–Trinajstić information content (AvgIpc) is 2.45. The van der Waals surface area contributed by atoms with Gasteiger partial charge in [-0.25, -0.2) is 4.98 Å². The third kappa shape index (κ3) is 3.17. The second-order valence-electron chi connectivity index (χ2n) is 3.95. The summed E-state index contributed by atoms with van der Waals surface area (Å²) in [5.74, 6) is 0.844. The summed E-state index contributed by atoms with van der Waals surface area (Å²) in [4.78, 5) is 15.0. The third-order valence-electron chi connectivity index (χ3n) is 2.63. The lowest BCUT2D eigenvalue weighted by atomic mass is 10.2. The van der Waals surface area contributed by atoms with Gasteiger partial charge in [0.1, 0.15) is 11.1 Å². The Hall–Kier alpha value is -1.68. The van der Waals surface area contributed by atoms with Gasteiger partial charge >= 0.3 is 0 Å². The van der Waals surface area contributed by atoms with Gasteiger partial charge in [0.25, 0.3) is 0 Å². The number of hydrogen-bond acceptors (Lipinski definition) is 4. The summed E-state index contributed by atoms with van der Waals surface area (Å²) >= 11 is 1.63. The Bertz CT molecular complexity index is 516. The molecule has 0 aliphatic carbocycles. The average molecular weight is 258 g/mol. The van der Waals surface area contributed by atoms with Gasteiger partial charge in [-0.2, -0.15) is 4.91 Å². The minimum atomic E-state index is -0.350. The van der Waals surface area contributed by atoms with Crippen LogP contribution in [0.5, 0.6) is 0 Å². The SMILES string of the molecule is CC(N=O)c1cccnc1SCc1ccccc1. The highest BCUT2D eigenvalue weighted by Crippen LogP contribution is 2.29. The van der Waals surface area contributed by atoms with Gasteiger partial charge in [-0.1, -0.05) is 41.6 Å². The van der Waals surface area contributed by atoms with E-state index >= 15 is 0 Å². The number of thioether (sulfide) groups is 1. The summed E-state index contributed by atoms with van der Waals surface area (Å²) in [6.45, 7) is 1.79. The molecule has 18 heavy (non-hydrogen) atoms. The van der Waals surface area contributed by atoms with Gasteiger partial charge in [-0.05, 0) is 18.6 Å². The van der Waals surface area contributed by atoms with Gasteiger partial charge in [0, 0.05) is 17.5 Å². The maximum atomic E-state index is 10.6. The van der Waals surface area contributed by atoms with Crippen LogP contribution in [0.15, 0.2) is 58.9 Å². The fourth-order valence-electron chi connectivity index (χ4n) is 1.62. The fourth-order valence-corrected chi connectivity index (χ4v) is 2.66. The Morgan fingerprint density at radius 3 is 2.72 bits per heavy atom. The van der Waals surface area contributed by atoms with E-state index in [1.807, 2.05) is 30.3 Å². The number of rotatable bonds is 5. The summed E-state index contributed by atoms with van der Waals surface area (Å²) < 4.78 is 0. The molecule has 1 heterocycles. The van der Waals surface area contributed by atoms with Crippen LogP contribution in [0, 0.1) is 4.91 Å². The van der Waals surface area contributed by atoms with E-state index in [2.05, 4.69) is 22.3 Å². The van der Waals surface area contributed by atoms with Crippen LogP contribution in [0.1, 0.15) is 24.1 Å². The molecule has 0 aliphatic rings. The summed E-state index contributed by atoms with van der Waals surface area (Å²) in [6.07, 6.45) is 1.74. The Balaban J connectivity index is 2.12. The highest BCUT2D eigenvalue weighted by Gasteiger charge is 2.11. The maximum absolute atomic E-state index is 10.6. The van der Waals surface area contributed by atoms with Crippen LogP contribution < -0.4 is 0 Å². The highest BCUT2D eigenvalue weighted by molar-refractivity contribution is 7.98. The van der Waals surface area contributed by atoms with E-state index < -0.39 is 0 Å². The van der Waals surface area contributed by atoms with Crippen molar-refractivity contribution in [2.75, 3.05) is 0 Å². The predicted octanol–water partition coefficient (Wildman–Crippen LogP) is 4.20. The first kappa shape index (κ1) is 12.8. The monoisotopic (exact) mass is 258 g/mol. The van der Waals surface area contributed by atoms with Crippen LogP contribution in [0.25, 0.3) is 0 Å². The van der Waals surface area contributed by atoms with Gasteiger partial charge in [-0.3, -0.25) is 0 Å². The van der Waals surface area contributed by atoms with Crippen LogP contribution >= 0.6 is 11.8 Å². The normalized spacial score (nSPS) is 12.1. The third-order valence-corrected chi connectivity index (χ3v) is 3.72. The molecule has 0 N–H and O–H groups in total. The van der Waals surface area contributed by atoms with Crippen molar-refractivity contribution in [3.8, 4) is 0 Å². The van der Waals surface area contributed by atoms with Crippen LogP contribution in [0.4, 0.5) is 0 Å². The fraction of sp³-hybridized carbons (Fsp3) is 0.214. The zero-order chi connectivity index (χ0) is 12.8. The van der Waals surface area contributed by atoms with Gasteiger partial charge in [0.05, 0.1) is 0 Å². The van der Waals surface area contributed by atoms with Gasteiger partial charge < -0.3 is 0 Å². The van der Waals surface area contributed by atoms with Crippen molar-refractivity contribution in [3.63, 3.8) is 0 Å². The number of benzene rings is 1. The van der Waals surface area contributed by atoms with E-state index in [1.54, 1.807) is 24.9 Å². The lowest BCUT2D eigenvalue weighted by Gasteiger charge is -2.09. The molecular formula is C14H14N2OS. The quantitative estimate of drug-likeness (QED) is 0.596. The first-order valence-corrected chi connectivity index (χ1v) is 6.74. The Morgan fingerprint density at radius 2 is 2.00 bits per heavy atom. The topological polar surface area (TPSA) is 42.3 Å². The lowest BCUT2D eigenvalue weighted by molar-refractivity contribution is 0.774. The maximum Gasteiger partial charge on any atom is 0.117 e. The first-order chi connectivity index (χ1) is 8.81. The summed E-state index contributed by atoms with van der Waals surface area (Å²) in [7, 11) is 0. The Morgan fingerprint density at radius 1 is 1.22 bits per heavy atom. The minimum Gasteiger partial charge on any atom is -0.250 e. The van der Waals surface area contributed by atoms with E-state index in [0.717, 1.165) is 16.3 Å². The predicted molar refractivity (Wildman–Crippen MR) is 74.5 cm³/mol. The van der Waals surface area contributed by atoms with E-state index in [1.165, 1.54) is 5.56 Å². The zero-order valence-electron chi connectivity index (χ0n) is 10.1. The Labute approximate surface area is 111 Å². The van der Waals surface area contributed by atoms with Crippen molar-refractivity contribution >= 4 is 11.8 Å². The summed E-state index contributed by atoms with van der Waals surface area (Å²) in [5.41, 5.74) is 2.14. The van der Waals surface area contributed by atoms with Gasteiger partial charge in [0.2, 0.25) is 0 Å². The number of aromatic nitrogens is 1. The second-order valence-corrected chi connectivity index (χ2v) is 4.92. The van der Waals surface area contributed by atoms with Crippen molar-refractivity contribution < 1.29 is 0 Å². The standard InChI is InChI=1S/C14H14N2OS/c1-11(16-17)13-8-5-9-15-14(13)18-10-12-6-3-2-4-7-12/h2-9,11H,10H2,1H3. The van der Waals surface area contributed by atoms with Crippen molar-refractivity contribution in [1.29, 1.82) is 0 Å². The molecule has 1 unspecified atom stereocenters. The van der Waals surface area contributed by atoms with E-state index in [-0.39, 0.29) is 6.04 Å². The molecule has 2 rings (SSSR count). The van der Waals surface area contributed by atoms with E-state index in [9.17, 15) is 4.91 Å². The molecule has 1 atom stereocenters. The van der Waals surface area contributed by atoms with Gasteiger partial charge in [-0.15, -0.1) is 11.8 Å². The van der Waals surface area contributed by atoms with Crippen LogP contribution in [-0.4, -0.2) is 4.98 Å². The van der Waals surface area contributed by atoms with Crippen molar-refractivity contribution in [2.45, 2.75) is 23.7 Å². The van der Waals surface area contributed by atoms with E-state index in [0.29, 0.717) is 0 Å². The summed E-state index contributed by atoms with van der Waals surface area (Å²) in [5, 5.41) is 3.95. The molecule has 0 spiro atoms. The largest absolute Gasteiger partial charge is 0.250 e. The lowest BCUT2D eigenvalue weighted by Crippen LogP contribution is -1.94. The first-order valence-electron chi connectivity index (χ1n) is 5.75. The van der Waals surface area contributed by atoms with Crippen molar-refractivity contribution in [2.24, 2.45) is 5.18 Å². The molecule has 1 aromatic heterocycles. The molecule has 1 aromatic carbocycles. The molecule has 0 saturated heterocycles. The number of nitrogens with zero attached hydrogens (tertiary/aromatic N) is 2. The van der Waals surface area contributed by atoms with Gasteiger partial charge in [0.15, 0.2) is 0 Å². The Kier molecular flexibility index (Phi) is 4.47. The molecule has 0 amide bonds. The van der Waals surface area contributed by atoms with Crippen molar-refractivity contribution in [3.05, 3.63) is 64.7 Å². The molecule has 0 radical (unpaired) electrons. The zero-order valence-corrected chi connectivity index (χ0v) is 10.9. The minimum absolute atomic E-state index is 0.350. The molecule has 0 bridgehead atoms. The number of hydrogen-bond donors (Lipinski definition) is 0. The second kappa shape index (κ2) is 6.31. The van der Waals surface area contributed by atoms with Crippen LogP contribution in [-0.2, 0) is 5.75 Å². The molecule has 0 saturated carbocycles. The molecular weight excluding hydrogens is 244 g/mol. The smallest absolute Gasteiger partial charge is 0.117 e. The molecule has 4 heteroatoms.